The van der Waals surface area contributed by atoms with Gasteiger partial charge in [0.2, 0.25) is 0 Å². The number of rotatable bonds is 1. The molecule has 2 aromatic heterocycles. The molecule has 0 unspecified atom stereocenters. The molecular formula is C9H8F3N2S2+. The van der Waals surface area contributed by atoms with Gasteiger partial charge in [-0.15, -0.1) is 0 Å². The number of alkyl halides is 3. The van der Waals surface area contributed by atoms with Crippen LogP contribution in [0.15, 0.2) is 16.6 Å². The summed E-state index contributed by atoms with van der Waals surface area (Å²) in [5.74, 6) is 0. The topological polar surface area (TPSA) is 16.8 Å². The van der Waals surface area contributed by atoms with Crippen LogP contribution in [0.1, 0.15) is 5.56 Å². The molecule has 2 aromatic rings. The molecule has 2 nitrogen and oxygen atoms in total. The molecular weight excluding hydrogens is 257 g/mol. The average molecular weight is 265 g/mol. The summed E-state index contributed by atoms with van der Waals surface area (Å²) < 4.78 is 40.4. The number of halogens is 3. The Kier molecular flexibility index (Phi) is 2.83. The molecule has 0 saturated carbocycles. The first kappa shape index (κ1) is 11.7. The minimum Gasteiger partial charge on any atom is -0.232 e. The number of hydrogen-bond donors (Lipinski definition) is 0. The molecule has 0 aliphatic heterocycles. The van der Waals surface area contributed by atoms with Gasteiger partial charge in [-0.2, -0.15) is 13.2 Å². The van der Waals surface area contributed by atoms with Gasteiger partial charge in [0.1, 0.15) is 10.9 Å². The van der Waals surface area contributed by atoms with Gasteiger partial charge in [0.25, 0.3) is 4.34 Å². The van der Waals surface area contributed by atoms with Crippen molar-refractivity contribution in [1.82, 2.24) is 4.98 Å². The summed E-state index contributed by atoms with van der Waals surface area (Å²) in [5.41, 5.74) is -0.0545. The molecule has 2 rings (SSSR count). The minimum atomic E-state index is -4.31. The van der Waals surface area contributed by atoms with Crippen molar-refractivity contribution < 1.29 is 17.7 Å². The summed E-state index contributed by atoms with van der Waals surface area (Å²) in [6, 6.07) is 1.15. The molecule has 0 amide bonds. The third-order valence-electron chi connectivity index (χ3n) is 2.07. The van der Waals surface area contributed by atoms with Crippen LogP contribution in [0.4, 0.5) is 13.2 Å². The van der Waals surface area contributed by atoms with Gasteiger partial charge in [-0.25, -0.2) is 4.57 Å². The fourth-order valence-electron chi connectivity index (χ4n) is 1.34. The number of aromatic nitrogens is 2. The second-order valence-electron chi connectivity index (χ2n) is 3.21. The highest BCUT2D eigenvalue weighted by molar-refractivity contribution is 8.00. The Balaban J connectivity index is 2.67. The average Bonchev–Trinajstić information content (AvgIpc) is 2.59. The van der Waals surface area contributed by atoms with Crippen molar-refractivity contribution in [2.75, 3.05) is 6.26 Å². The zero-order valence-electron chi connectivity index (χ0n) is 8.50. The Labute approximate surface area is 98.1 Å². The third kappa shape index (κ3) is 2.01. The smallest absolute Gasteiger partial charge is 0.232 e. The van der Waals surface area contributed by atoms with Crippen molar-refractivity contribution in [3.63, 3.8) is 0 Å². The molecule has 0 radical (unpaired) electrons. The molecule has 0 aromatic carbocycles. The van der Waals surface area contributed by atoms with Crippen LogP contribution < -0.4 is 4.57 Å². The highest BCUT2D eigenvalue weighted by Gasteiger charge is 2.33. The zero-order valence-corrected chi connectivity index (χ0v) is 10.1. The molecule has 0 spiro atoms. The minimum absolute atomic E-state index is 0.557. The van der Waals surface area contributed by atoms with Crippen molar-refractivity contribution in [3.05, 3.63) is 17.8 Å². The Morgan fingerprint density at radius 1 is 1.44 bits per heavy atom. The lowest BCUT2D eigenvalue weighted by Gasteiger charge is -2.04. The van der Waals surface area contributed by atoms with Crippen molar-refractivity contribution in [2.24, 2.45) is 7.05 Å². The lowest BCUT2D eigenvalue weighted by molar-refractivity contribution is -0.647. The Morgan fingerprint density at radius 2 is 2.12 bits per heavy atom. The zero-order chi connectivity index (χ0) is 11.9. The Bertz CT molecular complexity index is 533. The van der Waals surface area contributed by atoms with Crippen LogP contribution in [-0.2, 0) is 13.2 Å². The molecule has 16 heavy (non-hydrogen) atoms. The number of thioether (sulfide) groups is 1. The van der Waals surface area contributed by atoms with E-state index in [1.807, 2.05) is 6.26 Å². The van der Waals surface area contributed by atoms with Gasteiger partial charge in [0.05, 0.1) is 12.6 Å². The van der Waals surface area contributed by atoms with E-state index in [0.717, 1.165) is 16.6 Å². The molecule has 86 valence electrons. The SMILES string of the molecule is CSc1nc2c(cc(C(F)(F)F)c[n+]2C)s1. The summed E-state index contributed by atoms with van der Waals surface area (Å²) in [6.45, 7) is 0. The molecule has 0 atom stereocenters. The van der Waals surface area contributed by atoms with E-state index in [1.165, 1.54) is 27.7 Å². The fraction of sp³-hybridized carbons (Fsp3) is 0.333. The van der Waals surface area contributed by atoms with Crippen LogP contribution in [0, 0.1) is 0 Å². The highest BCUT2D eigenvalue weighted by atomic mass is 32.2. The number of hydrogen-bond acceptors (Lipinski definition) is 3. The second-order valence-corrected chi connectivity index (χ2v) is 5.29. The van der Waals surface area contributed by atoms with Crippen LogP contribution >= 0.6 is 23.1 Å². The summed E-state index contributed by atoms with van der Waals surface area (Å²) in [4.78, 5) is 4.23. The largest absolute Gasteiger partial charge is 0.419 e. The van der Waals surface area contributed by atoms with E-state index in [9.17, 15) is 13.2 Å². The molecule has 2 heterocycles. The third-order valence-corrected chi connectivity index (χ3v) is 4.05. The van der Waals surface area contributed by atoms with Gasteiger partial charge in [0, 0.05) is 0 Å². The molecule has 0 N–H and O–H groups in total. The maximum Gasteiger partial charge on any atom is 0.419 e. The maximum absolute atomic E-state index is 12.6. The standard InChI is InChI=1S/C9H8F3N2S2/c1-14-4-5(9(10,11)12)3-6-7(14)13-8(15-2)16-6/h3-4H,1-2H3/q+1. The lowest BCUT2D eigenvalue weighted by Crippen LogP contribution is -2.30. The Morgan fingerprint density at radius 3 is 2.69 bits per heavy atom. The Hall–Kier alpha value is -0.820. The van der Waals surface area contributed by atoms with Crippen molar-refractivity contribution in [1.29, 1.82) is 0 Å². The fourth-order valence-corrected chi connectivity index (χ4v) is 2.91. The quantitative estimate of drug-likeness (QED) is 0.582. The van der Waals surface area contributed by atoms with Gasteiger partial charge in [-0.05, 0) is 17.3 Å². The van der Waals surface area contributed by atoms with E-state index in [0.29, 0.717) is 10.3 Å². The number of pyridine rings is 1. The number of nitrogens with zero attached hydrogens (tertiary/aromatic N) is 2. The number of aryl methyl sites for hydroxylation is 1. The van der Waals surface area contributed by atoms with Gasteiger partial charge in [-0.1, -0.05) is 23.1 Å². The van der Waals surface area contributed by atoms with E-state index in [1.54, 1.807) is 7.05 Å². The molecule has 0 bridgehead atoms. The van der Waals surface area contributed by atoms with Gasteiger partial charge in [0.15, 0.2) is 0 Å². The predicted octanol–water partition coefficient (Wildman–Crippen LogP) is 2.86. The lowest BCUT2D eigenvalue weighted by atomic mass is 10.3. The van der Waals surface area contributed by atoms with Crippen LogP contribution in [0.25, 0.3) is 10.3 Å². The normalized spacial score (nSPS) is 12.3. The van der Waals surface area contributed by atoms with E-state index < -0.39 is 11.7 Å². The van der Waals surface area contributed by atoms with E-state index >= 15 is 0 Å². The van der Waals surface area contributed by atoms with Crippen molar-refractivity contribution >= 4 is 33.4 Å². The first-order valence-electron chi connectivity index (χ1n) is 4.33. The maximum atomic E-state index is 12.6. The number of fused-ring (bicyclic) bond motifs is 1. The van der Waals surface area contributed by atoms with Crippen LogP contribution in [0.5, 0.6) is 0 Å². The van der Waals surface area contributed by atoms with Crippen LogP contribution in [0.3, 0.4) is 0 Å². The first-order valence-corrected chi connectivity index (χ1v) is 6.37. The van der Waals surface area contributed by atoms with Crippen molar-refractivity contribution in [3.8, 4) is 0 Å². The van der Waals surface area contributed by atoms with E-state index in [2.05, 4.69) is 4.98 Å². The summed E-state index contributed by atoms with van der Waals surface area (Å²) in [5, 5.41) is 0. The molecule has 0 fully saturated rings. The van der Waals surface area contributed by atoms with Crippen molar-refractivity contribution in [2.45, 2.75) is 10.5 Å². The van der Waals surface area contributed by atoms with Crippen LogP contribution in [-0.4, -0.2) is 11.2 Å². The van der Waals surface area contributed by atoms with Gasteiger partial charge >= 0.3 is 11.8 Å². The molecule has 0 saturated heterocycles. The highest BCUT2D eigenvalue weighted by Crippen LogP contribution is 2.32. The first-order chi connectivity index (χ1) is 7.41. The van der Waals surface area contributed by atoms with Gasteiger partial charge in [-0.3, -0.25) is 0 Å². The molecule has 0 aliphatic rings. The van der Waals surface area contributed by atoms with Gasteiger partial charge < -0.3 is 0 Å². The second kappa shape index (κ2) is 3.89. The monoisotopic (exact) mass is 265 g/mol. The molecule has 7 heteroatoms. The number of thiazole rings is 1. The van der Waals surface area contributed by atoms with E-state index in [-0.39, 0.29) is 0 Å². The van der Waals surface area contributed by atoms with E-state index in [4.69, 9.17) is 0 Å². The molecule has 0 aliphatic carbocycles. The van der Waals surface area contributed by atoms with Crippen LogP contribution in [0.2, 0.25) is 0 Å². The summed E-state index contributed by atoms with van der Waals surface area (Å²) in [7, 11) is 1.57. The predicted molar refractivity (Wildman–Crippen MR) is 57.6 cm³/mol. The summed E-state index contributed by atoms with van der Waals surface area (Å²) in [6.07, 6.45) is -1.40. The summed E-state index contributed by atoms with van der Waals surface area (Å²) >= 11 is 2.70.